The summed E-state index contributed by atoms with van der Waals surface area (Å²) in [6.45, 7) is 8.66. The summed E-state index contributed by atoms with van der Waals surface area (Å²) < 4.78 is 0. The average molecular weight is 353 g/mol. The van der Waals surface area contributed by atoms with E-state index < -0.39 is 0 Å². The lowest BCUT2D eigenvalue weighted by atomic mass is 10.0. The molecular weight excluding hydrogens is 328 g/mol. The first-order chi connectivity index (χ1) is 12.2. The van der Waals surface area contributed by atoms with Gasteiger partial charge in [-0.15, -0.1) is 0 Å². The molecule has 0 aliphatic heterocycles. The van der Waals surface area contributed by atoms with Crippen molar-refractivity contribution in [1.29, 1.82) is 0 Å². The molecule has 0 atom stereocenters. The Labute approximate surface area is 155 Å². The zero-order valence-electron chi connectivity index (χ0n) is 15.2. The van der Waals surface area contributed by atoms with Gasteiger partial charge in [-0.2, -0.15) is 0 Å². The van der Waals surface area contributed by atoms with Gasteiger partial charge in [-0.3, -0.25) is 4.98 Å². The van der Waals surface area contributed by atoms with Gasteiger partial charge in [-0.25, -0.2) is 0 Å². The lowest BCUT2D eigenvalue weighted by Crippen LogP contribution is -2.26. The zero-order valence-corrected chi connectivity index (χ0v) is 16.0. The summed E-state index contributed by atoms with van der Waals surface area (Å²) in [5, 5.41) is 3.16. The molecule has 0 fully saturated rings. The van der Waals surface area contributed by atoms with E-state index in [4.69, 9.17) is 16.6 Å². The van der Waals surface area contributed by atoms with Crippen LogP contribution in [0.2, 0.25) is 5.02 Å². The van der Waals surface area contributed by atoms with Crippen molar-refractivity contribution >= 4 is 28.1 Å². The van der Waals surface area contributed by atoms with Gasteiger partial charge < -0.3 is 4.90 Å². The maximum Gasteiger partial charge on any atom is 0.0800 e. The van der Waals surface area contributed by atoms with Crippen molar-refractivity contribution in [3.63, 3.8) is 0 Å². The second kappa shape index (κ2) is 7.88. The molecule has 1 heterocycles. The van der Waals surface area contributed by atoms with Gasteiger partial charge in [0, 0.05) is 34.4 Å². The summed E-state index contributed by atoms with van der Waals surface area (Å²) >= 11 is 6.46. The van der Waals surface area contributed by atoms with Crippen LogP contribution in [0, 0.1) is 6.92 Å². The molecule has 0 N–H and O–H groups in total. The molecule has 3 heteroatoms. The number of hydrogen-bond donors (Lipinski definition) is 0. The molecule has 3 rings (SSSR count). The highest BCUT2D eigenvalue weighted by Gasteiger charge is 2.17. The van der Waals surface area contributed by atoms with E-state index in [0.717, 1.165) is 53.3 Å². The Kier molecular flexibility index (Phi) is 5.60. The van der Waals surface area contributed by atoms with Crippen LogP contribution in [0.1, 0.15) is 32.4 Å². The Morgan fingerprint density at radius 2 is 1.48 bits per heavy atom. The fraction of sp³-hybridized carbons (Fsp3) is 0.318. The van der Waals surface area contributed by atoms with Crippen molar-refractivity contribution in [1.82, 2.24) is 4.98 Å². The number of nitrogens with zero attached hydrogens (tertiary/aromatic N) is 2. The predicted molar refractivity (Wildman–Crippen MR) is 110 cm³/mol. The molecule has 0 saturated carbocycles. The number of hydrogen-bond acceptors (Lipinski definition) is 2. The molecule has 1 aromatic heterocycles. The topological polar surface area (TPSA) is 16.1 Å². The van der Waals surface area contributed by atoms with E-state index in [1.54, 1.807) is 0 Å². The summed E-state index contributed by atoms with van der Waals surface area (Å²) in [5.74, 6) is 0. The quantitative estimate of drug-likeness (QED) is 0.504. The normalized spacial score (nSPS) is 11.0. The number of pyridine rings is 1. The number of rotatable bonds is 6. The van der Waals surface area contributed by atoms with Crippen LogP contribution < -0.4 is 4.90 Å². The molecule has 0 aliphatic carbocycles. The van der Waals surface area contributed by atoms with Gasteiger partial charge in [0.25, 0.3) is 0 Å². The fourth-order valence-electron chi connectivity index (χ4n) is 3.50. The van der Waals surface area contributed by atoms with Gasteiger partial charge in [0.15, 0.2) is 0 Å². The highest BCUT2D eigenvalue weighted by molar-refractivity contribution is 6.33. The first-order valence-electron chi connectivity index (χ1n) is 9.06. The predicted octanol–water partition coefficient (Wildman–Crippen LogP) is 6.49. The molecule has 0 unspecified atom stereocenters. The van der Waals surface area contributed by atoms with Crippen molar-refractivity contribution in [2.75, 3.05) is 18.0 Å². The van der Waals surface area contributed by atoms with Crippen LogP contribution in [0.5, 0.6) is 0 Å². The van der Waals surface area contributed by atoms with Gasteiger partial charge in [-0.1, -0.05) is 67.9 Å². The standard InChI is InChI=1S/C22H25ClN2/c1-4-14-25(15-5-2)22-16(3)24-21(17-10-6-7-11-18(17)22)19-12-8-9-13-20(19)23/h6-13H,4-5,14-15H2,1-3H3. The molecule has 2 aromatic carbocycles. The lowest BCUT2D eigenvalue weighted by molar-refractivity contribution is 0.743. The molecule has 3 aromatic rings. The van der Waals surface area contributed by atoms with Crippen LogP contribution >= 0.6 is 11.6 Å². The minimum absolute atomic E-state index is 0.742. The van der Waals surface area contributed by atoms with E-state index >= 15 is 0 Å². The van der Waals surface area contributed by atoms with E-state index in [0.29, 0.717) is 0 Å². The van der Waals surface area contributed by atoms with Crippen LogP contribution in [0.3, 0.4) is 0 Å². The number of benzene rings is 2. The molecule has 0 spiro atoms. The number of halogens is 1. The van der Waals surface area contributed by atoms with Crippen molar-refractivity contribution in [2.45, 2.75) is 33.6 Å². The largest absolute Gasteiger partial charge is 0.370 e. The van der Waals surface area contributed by atoms with Crippen molar-refractivity contribution in [3.05, 3.63) is 59.2 Å². The summed E-state index contributed by atoms with van der Waals surface area (Å²) in [6, 6.07) is 16.5. The van der Waals surface area contributed by atoms with E-state index in [1.807, 2.05) is 24.3 Å². The Morgan fingerprint density at radius 1 is 0.880 bits per heavy atom. The SMILES string of the molecule is CCCN(CCC)c1c(C)nc(-c2ccccc2Cl)c2ccccc12. The summed E-state index contributed by atoms with van der Waals surface area (Å²) in [7, 11) is 0. The Balaban J connectivity index is 2.28. The van der Waals surface area contributed by atoms with E-state index in [2.05, 4.69) is 49.9 Å². The molecule has 0 bridgehead atoms. The monoisotopic (exact) mass is 352 g/mol. The second-order valence-corrected chi connectivity index (χ2v) is 6.81. The first kappa shape index (κ1) is 17.8. The second-order valence-electron chi connectivity index (χ2n) is 6.41. The fourth-order valence-corrected chi connectivity index (χ4v) is 3.73. The smallest absolute Gasteiger partial charge is 0.0800 e. The maximum absolute atomic E-state index is 6.46. The average Bonchev–Trinajstić information content (AvgIpc) is 2.62. The van der Waals surface area contributed by atoms with Crippen molar-refractivity contribution in [3.8, 4) is 11.3 Å². The highest BCUT2D eigenvalue weighted by atomic mass is 35.5. The van der Waals surface area contributed by atoms with Crippen LogP contribution in [-0.2, 0) is 0 Å². The minimum atomic E-state index is 0.742. The highest BCUT2D eigenvalue weighted by Crippen LogP contribution is 2.37. The van der Waals surface area contributed by atoms with Crippen molar-refractivity contribution in [2.24, 2.45) is 0 Å². The third-order valence-electron chi connectivity index (χ3n) is 4.49. The summed E-state index contributed by atoms with van der Waals surface area (Å²) in [4.78, 5) is 7.46. The number of aromatic nitrogens is 1. The number of fused-ring (bicyclic) bond motifs is 1. The summed E-state index contributed by atoms with van der Waals surface area (Å²) in [5.41, 5.74) is 4.29. The third-order valence-corrected chi connectivity index (χ3v) is 4.82. The molecular formula is C22H25ClN2. The van der Waals surface area contributed by atoms with Crippen molar-refractivity contribution < 1.29 is 0 Å². The number of aryl methyl sites for hydroxylation is 1. The third kappa shape index (κ3) is 3.50. The van der Waals surface area contributed by atoms with Gasteiger partial charge in [0.05, 0.1) is 17.1 Å². The number of anilines is 1. The van der Waals surface area contributed by atoms with Gasteiger partial charge in [-0.05, 0) is 25.8 Å². The van der Waals surface area contributed by atoms with Crippen LogP contribution in [0.4, 0.5) is 5.69 Å². The van der Waals surface area contributed by atoms with Gasteiger partial charge in [0.2, 0.25) is 0 Å². The van der Waals surface area contributed by atoms with Crippen LogP contribution in [0.15, 0.2) is 48.5 Å². The Bertz CT molecular complexity index is 867. The molecule has 0 aliphatic rings. The van der Waals surface area contributed by atoms with Gasteiger partial charge >= 0.3 is 0 Å². The zero-order chi connectivity index (χ0) is 17.8. The molecule has 0 saturated heterocycles. The van der Waals surface area contributed by atoms with Gasteiger partial charge in [0.1, 0.15) is 0 Å². The van der Waals surface area contributed by atoms with Crippen LogP contribution in [0.25, 0.3) is 22.0 Å². The molecule has 0 radical (unpaired) electrons. The Hall–Kier alpha value is -2.06. The molecule has 2 nitrogen and oxygen atoms in total. The molecule has 130 valence electrons. The Morgan fingerprint density at radius 3 is 2.12 bits per heavy atom. The van der Waals surface area contributed by atoms with E-state index in [-0.39, 0.29) is 0 Å². The van der Waals surface area contributed by atoms with E-state index in [1.165, 1.54) is 11.1 Å². The van der Waals surface area contributed by atoms with E-state index in [9.17, 15) is 0 Å². The summed E-state index contributed by atoms with van der Waals surface area (Å²) in [6.07, 6.45) is 2.25. The first-order valence-corrected chi connectivity index (χ1v) is 9.44. The molecule has 0 amide bonds. The minimum Gasteiger partial charge on any atom is -0.370 e. The van der Waals surface area contributed by atoms with Crippen LogP contribution in [-0.4, -0.2) is 18.1 Å². The lowest BCUT2D eigenvalue weighted by Gasteiger charge is -2.27. The molecule has 25 heavy (non-hydrogen) atoms. The maximum atomic E-state index is 6.46.